The molecule has 20 heavy (non-hydrogen) atoms. The molecule has 112 valence electrons. The molecule has 0 aromatic carbocycles. The number of nitrogens with two attached hydrogens (primary N) is 1. The van der Waals surface area contributed by atoms with E-state index in [1.807, 2.05) is 20.0 Å². The van der Waals surface area contributed by atoms with Crippen LogP contribution in [0.2, 0.25) is 0 Å². The Morgan fingerprint density at radius 2 is 2.40 bits per heavy atom. The molecule has 7 heteroatoms. The predicted octanol–water partition coefficient (Wildman–Crippen LogP) is -0.309. The molecular formula is C13H23N5O2. The molecule has 3 N–H and O–H groups in total. The molecule has 1 aliphatic heterocycles. The van der Waals surface area contributed by atoms with Crippen molar-refractivity contribution >= 4 is 11.7 Å². The summed E-state index contributed by atoms with van der Waals surface area (Å²) in [4.78, 5) is 14.3. The lowest BCUT2D eigenvalue weighted by Gasteiger charge is -2.34. The molecule has 1 unspecified atom stereocenters. The zero-order valence-corrected chi connectivity index (χ0v) is 12.1. The Balaban J connectivity index is 1.91. The van der Waals surface area contributed by atoms with E-state index in [1.165, 1.54) is 0 Å². The van der Waals surface area contributed by atoms with Crippen molar-refractivity contribution < 1.29 is 9.53 Å². The minimum atomic E-state index is -0.223. The molecule has 7 nitrogen and oxygen atoms in total. The molecule has 0 bridgehead atoms. The molecule has 1 fully saturated rings. The summed E-state index contributed by atoms with van der Waals surface area (Å²) in [6.07, 6.45) is 1.85. The van der Waals surface area contributed by atoms with Gasteiger partial charge in [0.1, 0.15) is 11.9 Å². The number of carbonyl (C=O) groups excluding carboxylic acids is 1. The predicted molar refractivity (Wildman–Crippen MR) is 76.1 cm³/mol. The normalized spacial score (nSPS) is 20.2. The van der Waals surface area contributed by atoms with Crippen LogP contribution >= 0.6 is 0 Å². The van der Waals surface area contributed by atoms with Gasteiger partial charge in [0.05, 0.1) is 19.8 Å². The summed E-state index contributed by atoms with van der Waals surface area (Å²) in [6, 6.07) is 1.68. The fourth-order valence-corrected chi connectivity index (χ4v) is 2.26. The van der Waals surface area contributed by atoms with Crippen molar-refractivity contribution in [2.45, 2.75) is 32.5 Å². The Morgan fingerprint density at radius 1 is 1.60 bits per heavy atom. The molecule has 0 saturated carbocycles. The van der Waals surface area contributed by atoms with E-state index in [0.717, 1.165) is 13.1 Å². The first kappa shape index (κ1) is 14.8. The standard InChI is InChI=1S/C13H23N5O2/c1-10(2)15-13(19)11-9-20-8-7-17(11)5-6-18-4-3-12(14)16-18/h3-4,10-11H,5-9H2,1-2H3,(H2,14,16)(H,15,19). The minimum absolute atomic E-state index is 0.0275. The lowest BCUT2D eigenvalue weighted by Crippen LogP contribution is -2.55. The van der Waals surface area contributed by atoms with Gasteiger partial charge in [-0.15, -0.1) is 0 Å². The summed E-state index contributed by atoms with van der Waals surface area (Å²) in [6.45, 7) is 7.24. The third kappa shape index (κ3) is 3.94. The quantitative estimate of drug-likeness (QED) is 0.773. The van der Waals surface area contributed by atoms with Crippen LogP contribution in [-0.4, -0.2) is 59.0 Å². The Kier molecular flexibility index (Phi) is 4.97. The molecular weight excluding hydrogens is 258 g/mol. The highest BCUT2D eigenvalue weighted by atomic mass is 16.5. The second-order valence-corrected chi connectivity index (χ2v) is 5.29. The molecule has 0 radical (unpaired) electrons. The van der Waals surface area contributed by atoms with E-state index in [9.17, 15) is 4.79 Å². The number of morpholine rings is 1. The maximum absolute atomic E-state index is 12.2. The number of carbonyl (C=O) groups is 1. The molecule has 1 aromatic heterocycles. The first-order valence-corrected chi connectivity index (χ1v) is 6.97. The van der Waals surface area contributed by atoms with Crippen LogP contribution in [0.4, 0.5) is 5.82 Å². The van der Waals surface area contributed by atoms with Crippen molar-refractivity contribution in [3.8, 4) is 0 Å². The van der Waals surface area contributed by atoms with E-state index in [2.05, 4.69) is 15.3 Å². The van der Waals surface area contributed by atoms with Crippen LogP contribution in [-0.2, 0) is 16.1 Å². The van der Waals surface area contributed by atoms with Crippen molar-refractivity contribution in [3.05, 3.63) is 12.3 Å². The average Bonchev–Trinajstić information content (AvgIpc) is 2.82. The number of ether oxygens (including phenoxy) is 1. The van der Waals surface area contributed by atoms with Crippen LogP contribution in [0.25, 0.3) is 0 Å². The minimum Gasteiger partial charge on any atom is -0.382 e. The first-order valence-electron chi connectivity index (χ1n) is 6.97. The second kappa shape index (κ2) is 6.71. The number of aromatic nitrogens is 2. The van der Waals surface area contributed by atoms with Gasteiger partial charge >= 0.3 is 0 Å². The molecule has 2 heterocycles. The van der Waals surface area contributed by atoms with Gasteiger partial charge in [0.25, 0.3) is 0 Å². The van der Waals surface area contributed by atoms with Crippen molar-refractivity contribution in [1.29, 1.82) is 0 Å². The van der Waals surface area contributed by atoms with Crippen LogP contribution in [0.3, 0.4) is 0 Å². The third-order valence-electron chi connectivity index (χ3n) is 3.25. The van der Waals surface area contributed by atoms with Crippen LogP contribution in [0.5, 0.6) is 0 Å². The summed E-state index contributed by atoms with van der Waals surface area (Å²) < 4.78 is 7.22. The van der Waals surface area contributed by atoms with E-state index in [0.29, 0.717) is 25.6 Å². The zero-order chi connectivity index (χ0) is 14.5. The summed E-state index contributed by atoms with van der Waals surface area (Å²) in [7, 11) is 0. The van der Waals surface area contributed by atoms with Gasteiger partial charge in [-0.25, -0.2) is 0 Å². The Hall–Kier alpha value is -1.60. The van der Waals surface area contributed by atoms with Gasteiger partial charge in [-0.3, -0.25) is 14.4 Å². The average molecular weight is 281 g/mol. The molecule has 1 aliphatic rings. The van der Waals surface area contributed by atoms with Gasteiger partial charge < -0.3 is 15.8 Å². The molecule has 1 atom stereocenters. The Labute approximate surface area is 119 Å². The van der Waals surface area contributed by atoms with E-state index >= 15 is 0 Å². The van der Waals surface area contributed by atoms with Crippen molar-refractivity contribution in [2.75, 3.05) is 32.0 Å². The molecule has 1 amide bonds. The van der Waals surface area contributed by atoms with E-state index in [4.69, 9.17) is 10.5 Å². The van der Waals surface area contributed by atoms with Crippen molar-refractivity contribution in [2.24, 2.45) is 0 Å². The largest absolute Gasteiger partial charge is 0.382 e. The van der Waals surface area contributed by atoms with Crippen molar-refractivity contribution in [1.82, 2.24) is 20.0 Å². The first-order chi connectivity index (χ1) is 9.56. The zero-order valence-electron chi connectivity index (χ0n) is 12.1. The Bertz CT molecular complexity index is 446. The molecule has 1 aromatic rings. The van der Waals surface area contributed by atoms with Gasteiger partial charge in [0.15, 0.2) is 0 Å². The number of rotatable bonds is 5. The van der Waals surface area contributed by atoms with E-state index in [-0.39, 0.29) is 18.0 Å². The maximum atomic E-state index is 12.2. The highest BCUT2D eigenvalue weighted by Gasteiger charge is 2.29. The molecule has 1 saturated heterocycles. The smallest absolute Gasteiger partial charge is 0.239 e. The summed E-state index contributed by atoms with van der Waals surface area (Å²) >= 11 is 0. The van der Waals surface area contributed by atoms with E-state index in [1.54, 1.807) is 10.7 Å². The van der Waals surface area contributed by atoms with E-state index < -0.39 is 0 Å². The number of nitrogens with zero attached hydrogens (tertiary/aromatic N) is 3. The number of nitrogen functional groups attached to an aromatic ring is 1. The lowest BCUT2D eigenvalue weighted by atomic mass is 10.2. The fourth-order valence-electron chi connectivity index (χ4n) is 2.26. The molecule has 0 spiro atoms. The monoisotopic (exact) mass is 281 g/mol. The molecule has 0 aliphatic carbocycles. The van der Waals surface area contributed by atoms with Crippen LogP contribution in [0.1, 0.15) is 13.8 Å². The Morgan fingerprint density at radius 3 is 3.05 bits per heavy atom. The number of anilines is 1. The maximum Gasteiger partial charge on any atom is 0.239 e. The number of amides is 1. The summed E-state index contributed by atoms with van der Waals surface area (Å²) in [5.74, 6) is 0.542. The second-order valence-electron chi connectivity index (χ2n) is 5.29. The fraction of sp³-hybridized carbons (Fsp3) is 0.692. The SMILES string of the molecule is CC(C)NC(=O)C1COCCN1CCn1ccc(N)n1. The van der Waals surface area contributed by atoms with Crippen LogP contribution < -0.4 is 11.1 Å². The van der Waals surface area contributed by atoms with Gasteiger partial charge in [-0.05, 0) is 19.9 Å². The van der Waals surface area contributed by atoms with Gasteiger partial charge in [0.2, 0.25) is 5.91 Å². The summed E-state index contributed by atoms with van der Waals surface area (Å²) in [5.41, 5.74) is 5.59. The van der Waals surface area contributed by atoms with Gasteiger partial charge in [-0.1, -0.05) is 0 Å². The number of hydrogen-bond donors (Lipinski definition) is 2. The summed E-state index contributed by atoms with van der Waals surface area (Å²) in [5, 5.41) is 7.09. The topological polar surface area (TPSA) is 85.4 Å². The van der Waals surface area contributed by atoms with Crippen LogP contribution in [0, 0.1) is 0 Å². The number of nitrogens with one attached hydrogen (secondary N) is 1. The third-order valence-corrected chi connectivity index (χ3v) is 3.25. The lowest BCUT2D eigenvalue weighted by molar-refractivity contribution is -0.133. The highest BCUT2D eigenvalue weighted by Crippen LogP contribution is 2.08. The molecule has 2 rings (SSSR count). The number of hydrogen-bond acceptors (Lipinski definition) is 5. The van der Waals surface area contributed by atoms with Gasteiger partial charge in [0, 0.05) is 25.3 Å². The highest BCUT2D eigenvalue weighted by molar-refractivity contribution is 5.82. The van der Waals surface area contributed by atoms with Crippen LogP contribution in [0.15, 0.2) is 12.3 Å². The van der Waals surface area contributed by atoms with Gasteiger partial charge in [-0.2, -0.15) is 5.10 Å². The van der Waals surface area contributed by atoms with Crippen molar-refractivity contribution in [3.63, 3.8) is 0 Å².